The molecule has 0 aliphatic carbocycles. The second-order valence-corrected chi connectivity index (χ2v) is 4.21. The van der Waals surface area contributed by atoms with E-state index in [1.807, 2.05) is 0 Å². The fraction of sp³-hybridized carbons (Fsp3) is 0. The van der Waals surface area contributed by atoms with Crippen molar-refractivity contribution in [2.75, 3.05) is 5.32 Å². The summed E-state index contributed by atoms with van der Waals surface area (Å²) in [5.41, 5.74) is 0.567. The zero-order chi connectivity index (χ0) is 13.8. The second-order valence-electron chi connectivity index (χ2n) is 3.77. The van der Waals surface area contributed by atoms with Gasteiger partial charge in [0.25, 0.3) is 5.91 Å². The molecule has 0 heterocycles. The van der Waals surface area contributed by atoms with Crippen LogP contribution in [-0.2, 0) is 0 Å². The number of halogens is 2. The number of carbonyl (C=O) groups excluding carboxylic acids is 1. The maximum atomic E-state index is 13.1. The highest BCUT2D eigenvalue weighted by Gasteiger charge is 2.10. The fourth-order valence-electron chi connectivity index (χ4n) is 1.52. The maximum absolute atomic E-state index is 13.1. The van der Waals surface area contributed by atoms with Gasteiger partial charge in [-0.3, -0.25) is 4.79 Å². The van der Waals surface area contributed by atoms with Gasteiger partial charge >= 0.3 is 0 Å². The lowest BCUT2D eigenvalue weighted by molar-refractivity contribution is 0.102. The van der Waals surface area contributed by atoms with Crippen LogP contribution in [0, 0.1) is 17.1 Å². The van der Waals surface area contributed by atoms with E-state index in [0.717, 1.165) is 6.07 Å². The van der Waals surface area contributed by atoms with Gasteiger partial charge in [0.2, 0.25) is 0 Å². The van der Waals surface area contributed by atoms with E-state index in [2.05, 4.69) is 5.32 Å². The normalized spacial score (nSPS) is 9.74. The van der Waals surface area contributed by atoms with E-state index in [9.17, 15) is 9.18 Å². The molecule has 0 unspecified atom stereocenters. The molecule has 19 heavy (non-hydrogen) atoms. The van der Waals surface area contributed by atoms with Gasteiger partial charge in [-0.2, -0.15) is 5.26 Å². The summed E-state index contributed by atoms with van der Waals surface area (Å²) in [7, 11) is 0. The van der Waals surface area contributed by atoms with E-state index in [1.54, 1.807) is 30.3 Å². The Kier molecular flexibility index (Phi) is 3.79. The van der Waals surface area contributed by atoms with Gasteiger partial charge in [-0.25, -0.2) is 4.39 Å². The number of anilines is 1. The summed E-state index contributed by atoms with van der Waals surface area (Å²) in [5, 5.41) is 11.8. The largest absolute Gasteiger partial charge is 0.322 e. The van der Waals surface area contributed by atoms with Crippen molar-refractivity contribution in [3.63, 3.8) is 0 Å². The molecule has 2 aromatic carbocycles. The first-order valence-electron chi connectivity index (χ1n) is 5.37. The summed E-state index contributed by atoms with van der Waals surface area (Å²) in [6.45, 7) is 0. The Morgan fingerprint density at radius 1 is 1.26 bits per heavy atom. The maximum Gasteiger partial charge on any atom is 0.255 e. The molecule has 94 valence electrons. The molecular weight excluding hydrogens is 267 g/mol. The van der Waals surface area contributed by atoms with Gasteiger partial charge < -0.3 is 5.32 Å². The third-order valence-corrected chi connectivity index (χ3v) is 2.67. The number of benzene rings is 2. The first kappa shape index (κ1) is 13.1. The van der Waals surface area contributed by atoms with E-state index >= 15 is 0 Å². The molecule has 0 aromatic heterocycles. The van der Waals surface area contributed by atoms with Crippen molar-refractivity contribution in [1.29, 1.82) is 5.26 Å². The first-order chi connectivity index (χ1) is 9.10. The Bertz CT molecular complexity index is 679. The third-order valence-electron chi connectivity index (χ3n) is 2.43. The van der Waals surface area contributed by atoms with Crippen molar-refractivity contribution in [3.05, 3.63) is 64.4 Å². The lowest BCUT2D eigenvalue weighted by Crippen LogP contribution is -2.12. The average molecular weight is 275 g/mol. The Labute approximate surface area is 114 Å². The predicted molar refractivity (Wildman–Crippen MR) is 70.5 cm³/mol. The number of carbonyl (C=O) groups is 1. The molecule has 0 saturated heterocycles. The number of nitrogens with zero attached hydrogens (tertiary/aromatic N) is 1. The predicted octanol–water partition coefficient (Wildman–Crippen LogP) is 3.60. The minimum absolute atomic E-state index is 0.168. The van der Waals surface area contributed by atoms with Crippen LogP contribution in [-0.4, -0.2) is 5.91 Å². The highest BCUT2D eigenvalue weighted by Crippen LogP contribution is 2.16. The Hall–Kier alpha value is -2.38. The van der Waals surface area contributed by atoms with Crippen molar-refractivity contribution in [3.8, 4) is 6.07 Å². The third kappa shape index (κ3) is 3.09. The zero-order valence-corrected chi connectivity index (χ0v) is 10.4. The molecule has 3 nitrogen and oxygen atoms in total. The molecule has 0 aliphatic heterocycles. The van der Waals surface area contributed by atoms with Crippen LogP contribution in [0.3, 0.4) is 0 Å². The Morgan fingerprint density at radius 2 is 2.05 bits per heavy atom. The summed E-state index contributed by atoms with van der Waals surface area (Å²) in [6, 6.07) is 11.9. The number of nitrogens with one attached hydrogen (secondary N) is 1. The molecule has 2 rings (SSSR count). The summed E-state index contributed by atoms with van der Waals surface area (Å²) < 4.78 is 13.1. The minimum Gasteiger partial charge on any atom is -0.322 e. The highest BCUT2D eigenvalue weighted by molar-refractivity contribution is 6.30. The van der Waals surface area contributed by atoms with Crippen LogP contribution >= 0.6 is 11.6 Å². The van der Waals surface area contributed by atoms with Gasteiger partial charge in [-0.15, -0.1) is 0 Å². The van der Waals surface area contributed by atoms with Gasteiger partial charge in [-0.05, 0) is 36.4 Å². The van der Waals surface area contributed by atoms with Crippen molar-refractivity contribution >= 4 is 23.2 Å². The Balaban J connectivity index is 2.23. The van der Waals surface area contributed by atoms with E-state index in [1.165, 1.54) is 12.1 Å². The first-order valence-corrected chi connectivity index (χ1v) is 5.74. The molecule has 5 heteroatoms. The van der Waals surface area contributed by atoms with Crippen LogP contribution in [0.5, 0.6) is 0 Å². The molecule has 0 saturated carbocycles. The summed E-state index contributed by atoms with van der Waals surface area (Å²) in [5.74, 6) is -1.08. The molecule has 1 N–H and O–H groups in total. The van der Waals surface area contributed by atoms with Gasteiger partial charge in [0, 0.05) is 16.3 Å². The molecule has 0 atom stereocenters. The summed E-state index contributed by atoms with van der Waals surface area (Å²) in [6.07, 6.45) is 0. The standard InChI is InChI=1S/C14H8ClFN2O/c15-11-2-1-3-12(7-11)18-14(19)9-4-5-13(16)10(6-9)8-17/h1-7H,(H,18,19). The monoisotopic (exact) mass is 274 g/mol. The van der Waals surface area contributed by atoms with Crippen molar-refractivity contribution in [2.24, 2.45) is 0 Å². The van der Waals surface area contributed by atoms with Gasteiger partial charge in [0.1, 0.15) is 11.9 Å². The number of amides is 1. The average Bonchev–Trinajstić information content (AvgIpc) is 2.39. The molecule has 0 fully saturated rings. The number of rotatable bonds is 2. The van der Waals surface area contributed by atoms with Crippen LogP contribution < -0.4 is 5.32 Å². The quantitative estimate of drug-likeness (QED) is 0.909. The van der Waals surface area contributed by atoms with E-state index in [-0.39, 0.29) is 11.1 Å². The van der Waals surface area contributed by atoms with Crippen molar-refractivity contribution in [1.82, 2.24) is 0 Å². The van der Waals surface area contributed by atoms with E-state index in [4.69, 9.17) is 16.9 Å². The fourth-order valence-corrected chi connectivity index (χ4v) is 1.71. The summed E-state index contributed by atoms with van der Waals surface area (Å²) >= 11 is 5.80. The van der Waals surface area contributed by atoms with Gasteiger partial charge in [0.15, 0.2) is 0 Å². The highest BCUT2D eigenvalue weighted by atomic mass is 35.5. The smallest absolute Gasteiger partial charge is 0.255 e. The molecule has 0 radical (unpaired) electrons. The van der Waals surface area contributed by atoms with E-state index in [0.29, 0.717) is 10.7 Å². The lowest BCUT2D eigenvalue weighted by atomic mass is 10.1. The van der Waals surface area contributed by atoms with Crippen molar-refractivity contribution < 1.29 is 9.18 Å². The van der Waals surface area contributed by atoms with Crippen LogP contribution in [0.2, 0.25) is 5.02 Å². The molecule has 0 aliphatic rings. The zero-order valence-electron chi connectivity index (χ0n) is 9.65. The minimum atomic E-state index is -0.651. The SMILES string of the molecule is N#Cc1cc(C(=O)Nc2cccc(Cl)c2)ccc1F. The number of nitriles is 1. The van der Waals surface area contributed by atoms with Crippen molar-refractivity contribution in [2.45, 2.75) is 0 Å². The van der Waals surface area contributed by atoms with E-state index < -0.39 is 11.7 Å². The van der Waals surface area contributed by atoms with Crippen LogP contribution in [0.25, 0.3) is 0 Å². The van der Waals surface area contributed by atoms with Gasteiger partial charge in [0.05, 0.1) is 5.56 Å². The molecule has 2 aromatic rings. The lowest BCUT2D eigenvalue weighted by Gasteiger charge is -2.06. The number of hydrogen-bond acceptors (Lipinski definition) is 2. The van der Waals surface area contributed by atoms with Gasteiger partial charge in [-0.1, -0.05) is 17.7 Å². The molecule has 0 bridgehead atoms. The molecular formula is C14H8ClFN2O. The molecule has 0 spiro atoms. The van der Waals surface area contributed by atoms with Crippen LogP contribution in [0.4, 0.5) is 10.1 Å². The van der Waals surface area contributed by atoms with Crippen LogP contribution in [0.1, 0.15) is 15.9 Å². The Morgan fingerprint density at radius 3 is 2.74 bits per heavy atom. The summed E-state index contributed by atoms with van der Waals surface area (Å²) in [4.78, 5) is 11.9. The number of hydrogen-bond donors (Lipinski definition) is 1. The second kappa shape index (κ2) is 5.51. The molecule has 1 amide bonds. The van der Waals surface area contributed by atoms with Crippen LogP contribution in [0.15, 0.2) is 42.5 Å². The topological polar surface area (TPSA) is 52.9 Å².